The van der Waals surface area contributed by atoms with Gasteiger partial charge in [-0.1, -0.05) is 0 Å². The third-order valence-corrected chi connectivity index (χ3v) is 1.97. The summed E-state index contributed by atoms with van der Waals surface area (Å²) < 4.78 is 4.72. The molecule has 1 atom stereocenters. The van der Waals surface area contributed by atoms with Crippen molar-refractivity contribution in [2.75, 3.05) is 7.11 Å². The molecule has 0 amide bonds. The van der Waals surface area contributed by atoms with E-state index in [1.807, 2.05) is 0 Å². The molecule has 1 unspecified atom stereocenters. The molecule has 1 heterocycles. The first-order valence-electron chi connectivity index (χ1n) is 4.39. The smallest absolute Gasteiger partial charge is 0.333 e. The van der Waals surface area contributed by atoms with Gasteiger partial charge in [0.05, 0.1) is 4.92 Å². The molecule has 0 aliphatic carbocycles. The average molecular weight is 226 g/mol. The molecule has 7 heteroatoms. The zero-order valence-corrected chi connectivity index (χ0v) is 8.49. The maximum Gasteiger partial charge on any atom is 0.333 e. The molecular formula is C9H10N2O5. The van der Waals surface area contributed by atoms with Crippen LogP contribution in [-0.2, 0) is 16.0 Å². The minimum Gasteiger partial charge on any atom is -0.479 e. The third kappa shape index (κ3) is 2.99. The van der Waals surface area contributed by atoms with Gasteiger partial charge in [-0.25, -0.2) is 4.79 Å². The molecule has 0 radical (unpaired) electrons. The maximum atomic E-state index is 10.6. The molecule has 0 saturated heterocycles. The molecule has 0 aliphatic rings. The molecule has 1 aromatic rings. The number of carbonyl (C=O) groups is 1. The predicted octanol–water partition coefficient (Wildman–Crippen LogP) is 0.632. The fourth-order valence-electron chi connectivity index (χ4n) is 1.11. The van der Waals surface area contributed by atoms with Crippen LogP contribution in [0.3, 0.4) is 0 Å². The average Bonchev–Trinajstić information content (AvgIpc) is 2.26. The number of rotatable bonds is 5. The van der Waals surface area contributed by atoms with Crippen molar-refractivity contribution < 1.29 is 19.6 Å². The number of aliphatic carboxylic acids is 1. The number of hydrogen-bond acceptors (Lipinski definition) is 5. The largest absolute Gasteiger partial charge is 0.479 e. The zero-order valence-electron chi connectivity index (χ0n) is 8.49. The number of hydrogen-bond donors (Lipinski definition) is 1. The maximum absolute atomic E-state index is 10.6. The number of aromatic nitrogens is 1. The first-order chi connectivity index (χ1) is 7.54. The molecule has 7 nitrogen and oxygen atoms in total. The second kappa shape index (κ2) is 5.17. The normalized spacial score (nSPS) is 12.1. The number of nitro groups is 1. The van der Waals surface area contributed by atoms with E-state index in [0.717, 1.165) is 6.20 Å². The lowest BCUT2D eigenvalue weighted by Crippen LogP contribution is -2.25. The monoisotopic (exact) mass is 226 g/mol. The number of carboxylic acid groups (broad SMARTS) is 1. The van der Waals surface area contributed by atoms with Gasteiger partial charge in [0.1, 0.15) is 6.20 Å². The first kappa shape index (κ1) is 12.1. The van der Waals surface area contributed by atoms with Crippen molar-refractivity contribution in [3.63, 3.8) is 0 Å². The van der Waals surface area contributed by atoms with Crippen LogP contribution in [0.1, 0.15) is 5.69 Å². The van der Waals surface area contributed by atoms with Gasteiger partial charge >= 0.3 is 5.97 Å². The van der Waals surface area contributed by atoms with Crippen LogP contribution < -0.4 is 0 Å². The SMILES string of the molecule is COC(Cc1ccc([N+](=O)[O-])cn1)C(=O)O. The Bertz CT molecular complexity index is 389. The molecule has 16 heavy (non-hydrogen) atoms. The van der Waals surface area contributed by atoms with E-state index in [1.54, 1.807) is 0 Å². The summed E-state index contributed by atoms with van der Waals surface area (Å²) >= 11 is 0. The van der Waals surface area contributed by atoms with Gasteiger partial charge in [-0.05, 0) is 6.07 Å². The van der Waals surface area contributed by atoms with Gasteiger partial charge < -0.3 is 9.84 Å². The van der Waals surface area contributed by atoms with Gasteiger partial charge in [-0.3, -0.25) is 15.1 Å². The number of ether oxygens (including phenoxy) is 1. The van der Waals surface area contributed by atoms with E-state index in [9.17, 15) is 14.9 Å². The van der Waals surface area contributed by atoms with E-state index in [0.29, 0.717) is 5.69 Å². The third-order valence-electron chi connectivity index (χ3n) is 1.97. The number of carboxylic acids is 1. The Morgan fingerprint density at radius 2 is 2.38 bits per heavy atom. The second-order valence-corrected chi connectivity index (χ2v) is 3.03. The minimum atomic E-state index is -1.09. The van der Waals surface area contributed by atoms with Crippen molar-refractivity contribution in [2.24, 2.45) is 0 Å². The summed E-state index contributed by atoms with van der Waals surface area (Å²) in [5, 5.41) is 19.1. The van der Waals surface area contributed by atoms with Crippen molar-refractivity contribution in [1.29, 1.82) is 0 Å². The second-order valence-electron chi connectivity index (χ2n) is 3.03. The summed E-state index contributed by atoms with van der Waals surface area (Å²) in [6, 6.07) is 2.68. The Morgan fingerprint density at radius 1 is 1.69 bits per heavy atom. The Kier molecular flexibility index (Phi) is 3.90. The van der Waals surface area contributed by atoms with Crippen LogP contribution in [0.2, 0.25) is 0 Å². The highest BCUT2D eigenvalue weighted by Gasteiger charge is 2.18. The van der Waals surface area contributed by atoms with Crippen LogP contribution in [0.5, 0.6) is 0 Å². The summed E-state index contributed by atoms with van der Waals surface area (Å²) in [6.45, 7) is 0. The van der Waals surface area contributed by atoms with Gasteiger partial charge in [0.25, 0.3) is 5.69 Å². The van der Waals surface area contributed by atoms with E-state index >= 15 is 0 Å². The molecule has 0 saturated carbocycles. The lowest BCUT2D eigenvalue weighted by molar-refractivity contribution is -0.385. The van der Waals surface area contributed by atoms with Crippen molar-refractivity contribution in [2.45, 2.75) is 12.5 Å². The zero-order chi connectivity index (χ0) is 12.1. The molecule has 1 rings (SSSR count). The predicted molar refractivity (Wildman–Crippen MR) is 53.0 cm³/mol. The van der Waals surface area contributed by atoms with Crippen molar-refractivity contribution in [1.82, 2.24) is 4.98 Å². The van der Waals surface area contributed by atoms with E-state index in [4.69, 9.17) is 9.84 Å². The van der Waals surface area contributed by atoms with Crippen LogP contribution in [0.15, 0.2) is 18.3 Å². The van der Waals surface area contributed by atoms with Gasteiger partial charge in [0.2, 0.25) is 0 Å². The highest BCUT2D eigenvalue weighted by atomic mass is 16.6. The van der Waals surface area contributed by atoms with Gasteiger partial charge in [0.15, 0.2) is 6.10 Å². The van der Waals surface area contributed by atoms with Crippen LogP contribution in [0.4, 0.5) is 5.69 Å². The molecule has 0 bridgehead atoms. The van der Waals surface area contributed by atoms with E-state index in [1.165, 1.54) is 19.2 Å². The standard InChI is InChI=1S/C9H10N2O5/c1-16-8(9(12)13)4-6-2-3-7(5-10-6)11(14)15/h2-3,5,8H,4H2,1H3,(H,12,13). The van der Waals surface area contributed by atoms with Crippen molar-refractivity contribution in [3.05, 3.63) is 34.1 Å². The Morgan fingerprint density at radius 3 is 2.75 bits per heavy atom. The van der Waals surface area contributed by atoms with E-state index in [-0.39, 0.29) is 12.1 Å². The molecule has 0 fully saturated rings. The molecule has 0 aromatic carbocycles. The molecule has 1 aromatic heterocycles. The molecule has 0 aliphatic heterocycles. The van der Waals surface area contributed by atoms with Crippen molar-refractivity contribution in [3.8, 4) is 0 Å². The first-order valence-corrected chi connectivity index (χ1v) is 4.39. The molecule has 0 spiro atoms. The van der Waals surface area contributed by atoms with Crippen molar-refractivity contribution >= 4 is 11.7 Å². The van der Waals surface area contributed by atoms with Gasteiger partial charge in [-0.2, -0.15) is 0 Å². The van der Waals surface area contributed by atoms with E-state index in [2.05, 4.69) is 4.98 Å². The summed E-state index contributed by atoms with van der Waals surface area (Å²) in [5.74, 6) is -1.09. The van der Waals surface area contributed by atoms with Gasteiger partial charge in [-0.15, -0.1) is 0 Å². The minimum absolute atomic E-state index is 0.0732. The fourth-order valence-corrected chi connectivity index (χ4v) is 1.11. The molecular weight excluding hydrogens is 216 g/mol. The fraction of sp³-hybridized carbons (Fsp3) is 0.333. The number of nitrogens with zero attached hydrogens (tertiary/aromatic N) is 2. The molecule has 86 valence electrons. The Labute approximate surface area is 90.8 Å². The van der Waals surface area contributed by atoms with Gasteiger partial charge in [0, 0.05) is 25.3 Å². The number of pyridine rings is 1. The summed E-state index contributed by atoms with van der Waals surface area (Å²) in [6.07, 6.45) is 0.169. The summed E-state index contributed by atoms with van der Waals surface area (Å²) in [7, 11) is 1.28. The highest BCUT2D eigenvalue weighted by Crippen LogP contribution is 2.10. The topological polar surface area (TPSA) is 103 Å². The quantitative estimate of drug-likeness (QED) is 0.583. The van der Waals surface area contributed by atoms with Crippen LogP contribution in [-0.4, -0.2) is 34.2 Å². The van der Waals surface area contributed by atoms with E-state index < -0.39 is 17.0 Å². The highest BCUT2D eigenvalue weighted by molar-refractivity contribution is 5.72. The van der Waals surface area contributed by atoms with Crippen LogP contribution in [0.25, 0.3) is 0 Å². The Balaban J connectivity index is 2.75. The lowest BCUT2D eigenvalue weighted by atomic mass is 10.2. The lowest BCUT2D eigenvalue weighted by Gasteiger charge is -2.08. The summed E-state index contributed by atoms with van der Waals surface area (Å²) in [4.78, 5) is 24.2. The number of methoxy groups -OCH3 is 1. The van der Waals surface area contributed by atoms with Crippen LogP contribution in [0, 0.1) is 10.1 Å². The Hall–Kier alpha value is -2.02. The van der Waals surface area contributed by atoms with Crippen LogP contribution >= 0.6 is 0 Å². The summed E-state index contributed by atoms with van der Waals surface area (Å²) in [5.41, 5.74) is 0.299. The molecule has 1 N–H and O–H groups in total.